The number of methoxy groups -OCH3 is 1. The van der Waals surface area contributed by atoms with Crippen molar-refractivity contribution in [1.29, 1.82) is 0 Å². The quantitative estimate of drug-likeness (QED) is 0.522. The number of rotatable bonds is 6. The second kappa shape index (κ2) is 7.61. The van der Waals surface area contributed by atoms with E-state index in [0.717, 1.165) is 16.9 Å². The average molecular weight is 395 g/mol. The van der Waals surface area contributed by atoms with Gasteiger partial charge in [0.1, 0.15) is 22.2 Å². The SMILES string of the molecule is COc1ccccc1CN(C)[C@H](C)c1nc2scc(-c3ccco3)c2c(=O)[nH]1. The Morgan fingerprint density at radius 2 is 2.11 bits per heavy atom. The van der Waals surface area contributed by atoms with Gasteiger partial charge in [-0.3, -0.25) is 9.69 Å². The lowest BCUT2D eigenvalue weighted by atomic mass is 10.1. The minimum atomic E-state index is -0.148. The zero-order chi connectivity index (χ0) is 19.7. The molecule has 0 aliphatic heterocycles. The van der Waals surface area contributed by atoms with Crippen molar-refractivity contribution in [2.75, 3.05) is 14.2 Å². The summed E-state index contributed by atoms with van der Waals surface area (Å²) in [5.41, 5.74) is 1.71. The first-order valence-electron chi connectivity index (χ1n) is 8.96. The van der Waals surface area contributed by atoms with E-state index in [2.05, 4.69) is 9.88 Å². The van der Waals surface area contributed by atoms with Gasteiger partial charge in [-0.2, -0.15) is 0 Å². The first-order valence-corrected chi connectivity index (χ1v) is 9.84. The summed E-state index contributed by atoms with van der Waals surface area (Å²) in [6.07, 6.45) is 1.60. The van der Waals surface area contributed by atoms with Crippen LogP contribution in [0.25, 0.3) is 21.5 Å². The molecule has 4 rings (SSSR count). The molecule has 4 aromatic rings. The predicted molar refractivity (Wildman–Crippen MR) is 111 cm³/mol. The van der Waals surface area contributed by atoms with E-state index in [1.165, 1.54) is 11.3 Å². The highest BCUT2D eigenvalue weighted by Crippen LogP contribution is 2.32. The van der Waals surface area contributed by atoms with Gasteiger partial charge >= 0.3 is 0 Å². The van der Waals surface area contributed by atoms with Crippen LogP contribution in [0.5, 0.6) is 5.75 Å². The molecule has 0 fully saturated rings. The van der Waals surface area contributed by atoms with Crippen molar-refractivity contribution in [3.63, 3.8) is 0 Å². The lowest BCUT2D eigenvalue weighted by Crippen LogP contribution is -2.26. The molecule has 0 radical (unpaired) electrons. The van der Waals surface area contributed by atoms with Crippen molar-refractivity contribution in [1.82, 2.24) is 14.9 Å². The smallest absolute Gasteiger partial charge is 0.260 e. The van der Waals surface area contributed by atoms with E-state index in [0.29, 0.717) is 28.3 Å². The van der Waals surface area contributed by atoms with E-state index in [-0.39, 0.29) is 11.6 Å². The number of para-hydroxylation sites is 1. The summed E-state index contributed by atoms with van der Waals surface area (Å²) in [7, 11) is 3.67. The molecule has 0 bridgehead atoms. The van der Waals surface area contributed by atoms with Gasteiger partial charge < -0.3 is 14.1 Å². The predicted octanol–water partition coefficient (Wildman–Crippen LogP) is 4.45. The summed E-state index contributed by atoms with van der Waals surface area (Å²) >= 11 is 1.45. The first kappa shape index (κ1) is 18.5. The zero-order valence-electron chi connectivity index (χ0n) is 15.9. The zero-order valence-corrected chi connectivity index (χ0v) is 16.7. The molecule has 0 amide bonds. The van der Waals surface area contributed by atoms with Crippen LogP contribution in [0.3, 0.4) is 0 Å². The lowest BCUT2D eigenvalue weighted by Gasteiger charge is -2.24. The highest BCUT2D eigenvalue weighted by Gasteiger charge is 2.20. The average Bonchev–Trinajstić information content (AvgIpc) is 3.37. The molecule has 1 N–H and O–H groups in total. The summed E-state index contributed by atoms with van der Waals surface area (Å²) in [5, 5.41) is 2.49. The van der Waals surface area contributed by atoms with Gasteiger partial charge in [0.15, 0.2) is 0 Å². The third-order valence-corrected chi connectivity index (χ3v) is 5.79. The number of ether oxygens (including phenoxy) is 1. The van der Waals surface area contributed by atoms with Gasteiger partial charge in [0.2, 0.25) is 0 Å². The van der Waals surface area contributed by atoms with Crippen molar-refractivity contribution < 1.29 is 9.15 Å². The van der Waals surface area contributed by atoms with Crippen molar-refractivity contribution in [2.45, 2.75) is 19.5 Å². The van der Waals surface area contributed by atoms with Crippen LogP contribution in [-0.2, 0) is 6.54 Å². The fourth-order valence-electron chi connectivity index (χ4n) is 3.22. The van der Waals surface area contributed by atoms with E-state index in [4.69, 9.17) is 14.1 Å². The molecular formula is C21H21N3O3S. The monoisotopic (exact) mass is 395 g/mol. The van der Waals surface area contributed by atoms with Gasteiger partial charge in [0.25, 0.3) is 5.56 Å². The molecule has 1 atom stereocenters. The number of hydrogen-bond donors (Lipinski definition) is 1. The summed E-state index contributed by atoms with van der Waals surface area (Å²) in [4.78, 5) is 23.3. The Hall–Kier alpha value is -2.90. The van der Waals surface area contributed by atoms with Crippen molar-refractivity contribution in [3.05, 3.63) is 69.8 Å². The Labute approximate surface area is 166 Å². The number of aromatic amines is 1. The number of thiophene rings is 1. The third kappa shape index (κ3) is 3.34. The number of nitrogens with one attached hydrogen (secondary N) is 1. The second-order valence-corrected chi connectivity index (χ2v) is 7.52. The Bertz CT molecular complexity index is 1150. The van der Waals surface area contributed by atoms with Crippen LogP contribution in [-0.4, -0.2) is 29.0 Å². The number of benzene rings is 1. The van der Waals surface area contributed by atoms with Crippen LogP contribution in [0.1, 0.15) is 24.4 Å². The fraction of sp³-hybridized carbons (Fsp3) is 0.238. The normalized spacial score (nSPS) is 12.6. The molecule has 0 aliphatic rings. The van der Waals surface area contributed by atoms with E-state index >= 15 is 0 Å². The van der Waals surface area contributed by atoms with Crippen LogP contribution in [0.2, 0.25) is 0 Å². The fourth-order valence-corrected chi connectivity index (χ4v) is 4.16. The molecule has 144 valence electrons. The summed E-state index contributed by atoms with van der Waals surface area (Å²) < 4.78 is 10.9. The number of aromatic nitrogens is 2. The highest BCUT2D eigenvalue weighted by molar-refractivity contribution is 7.17. The highest BCUT2D eigenvalue weighted by atomic mass is 32.1. The van der Waals surface area contributed by atoms with E-state index in [1.54, 1.807) is 13.4 Å². The summed E-state index contributed by atoms with van der Waals surface area (Å²) in [5.74, 6) is 2.16. The van der Waals surface area contributed by atoms with Crippen LogP contribution < -0.4 is 10.3 Å². The second-order valence-electron chi connectivity index (χ2n) is 6.66. The Balaban J connectivity index is 1.64. The molecular weight excluding hydrogens is 374 g/mol. The molecule has 1 aromatic carbocycles. The van der Waals surface area contributed by atoms with Gasteiger partial charge in [0.05, 0.1) is 24.8 Å². The maximum Gasteiger partial charge on any atom is 0.260 e. The number of fused-ring (bicyclic) bond motifs is 1. The third-order valence-electron chi connectivity index (χ3n) is 4.92. The van der Waals surface area contributed by atoms with E-state index in [9.17, 15) is 4.79 Å². The van der Waals surface area contributed by atoms with Crippen LogP contribution in [0.15, 0.2) is 57.3 Å². The minimum absolute atomic E-state index is 0.0730. The maximum atomic E-state index is 12.8. The van der Waals surface area contributed by atoms with Crippen LogP contribution in [0.4, 0.5) is 0 Å². The molecule has 28 heavy (non-hydrogen) atoms. The van der Waals surface area contributed by atoms with Gasteiger partial charge in [0, 0.05) is 23.1 Å². The first-order chi connectivity index (χ1) is 13.6. The summed E-state index contributed by atoms with van der Waals surface area (Å²) in [6, 6.07) is 11.5. The lowest BCUT2D eigenvalue weighted by molar-refractivity contribution is 0.240. The number of H-pyrrole nitrogens is 1. The molecule has 0 saturated carbocycles. The standard InChI is InChI=1S/C21H21N3O3S/c1-13(24(2)11-14-7-4-5-8-16(14)26-3)19-22-20(25)18-15(12-28-21(18)23-19)17-9-6-10-27-17/h4-10,12-13H,11H2,1-3H3,(H,22,23,25)/t13-/m1/s1. The van der Waals surface area contributed by atoms with E-state index < -0.39 is 0 Å². The Morgan fingerprint density at radius 1 is 1.29 bits per heavy atom. The van der Waals surface area contributed by atoms with E-state index in [1.807, 2.05) is 55.7 Å². The molecule has 6 nitrogen and oxygen atoms in total. The van der Waals surface area contributed by atoms with Crippen molar-refractivity contribution in [2.24, 2.45) is 0 Å². The molecule has 3 heterocycles. The van der Waals surface area contributed by atoms with Gasteiger partial charge in [-0.25, -0.2) is 4.98 Å². The molecule has 0 saturated heterocycles. The molecule has 0 aliphatic carbocycles. The molecule has 0 unspecified atom stereocenters. The topological polar surface area (TPSA) is 71.4 Å². The van der Waals surface area contributed by atoms with Gasteiger partial charge in [-0.05, 0) is 32.2 Å². The van der Waals surface area contributed by atoms with Crippen molar-refractivity contribution in [3.8, 4) is 17.1 Å². The minimum Gasteiger partial charge on any atom is -0.496 e. The van der Waals surface area contributed by atoms with Crippen LogP contribution in [0, 0.1) is 0 Å². The van der Waals surface area contributed by atoms with Crippen LogP contribution >= 0.6 is 11.3 Å². The molecule has 3 aromatic heterocycles. The van der Waals surface area contributed by atoms with Crippen molar-refractivity contribution >= 4 is 21.6 Å². The number of hydrogen-bond acceptors (Lipinski definition) is 6. The van der Waals surface area contributed by atoms with Gasteiger partial charge in [-0.1, -0.05) is 18.2 Å². The number of furan rings is 1. The largest absolute Gasteiger partial charge is 0.496 e. The maximum absolute atomic E-state index is 12.8. The Kier molecular flexibility index (Phi) is 5.02. The number of nitrogens with zero attached hydrogens (tertiary/aromatic N) is 2. The van der Waals surface area contributed by atoms with Gasteiger partial charge in [-0.15, -0.1) is 11.3 Å². The molecule has 7 heteroatoms. The summed E-state index contributed by atoms with van der Waals surface area (Å²) in [6.45, 7) is 2.70. The molecule has 0 spiro atoms. The Morgan fingerprint density at radius 3 is 2.86 bits per heavy atom.